The Kier molecular flexibility index (Phi) is 5.85. The van der Waals surface area contributed by atoms with E-state index in [0.29, 0.717) is 6.42 Å². The van der Waals surface area contributed by atoms with E-state index in [0.717, 1.165) is 48.3 Å². The van der Waals surface area contributed by atoms with Crippen molar-refractivity contribution < 1.29 is 9.53 Å². The first-order valence-electron chi connectivity index (χ1n) is 11.0. The third-order valence-corrected chi connectivity index (χ3v) is 6.47. The molecular formula is C26H32N2O2. The predicted octanol–water partition coefficient (Wildman–Crippen LogP) is 5.79. The Morgan fingerprint density at radius 1 is 1.10 bits per heavy atom. The molecule has 158 valence electrons. The second-order valence-corrected chi connectivity index (χ2v) is 8.64. The molecule has 3 aromatic rings. The number of hydrogen-bond donors (Lipinski definition) is 1. The number of ether oxygens (including phenoxy) is 1. The highest BCUT2D eigenvalue weighted by atomic mass is 16.5. The number of methoxy groups -OCH3 is 1. The molecule has 1 unspecified atom stereocenters. The third-order valence-electron chi connectivity index (χ3n) is 6.47. The number of fused-ring (bicyclic) bond motifs is 1. The number of rotatable bonds is 4. The Labute approximate surface area is 179 Å². The van der Waals surface area contributed by atoms with E-state index in [1.807, 2.05) is 12.1 Å². The summed E-state index contributed by atoms with van der Waals surface area (Å²) >= 11 is 0. The van der Waals surface area contributed by atoms with Gasteiger partial charge in [-0.3, -0.25) is 4.79 Å². The van der Waals surface area contributed by atoms with Crippen molar-refractivity contribution in [2.45, 2.75) is 58.9 Å². The number of aryl methyl sites for hydroxylation is 3. The van der Waals surface area contributed by atoms with Gasteiger partial charge < -0.3 is 14.6 Å². The smallest absolute Gasteiger partial charge is 0.227 e. The van der Waals surface area contributed by atoms with Gasteiger partial charge in [0.25, 0.3) is 0 Å². The molecule has 1 fully saturated rings. The zero-order valence-electron chi connectivity index (χ0n) is 18.5. The molecule has 0 saturated carbocycles. The van der Waals surface area contributed by atoms with Gasteiger partial charge in [0.2, 0.25) is 5.91 Å². The minimum atomic E-state index is 0.139. The van der Waals surface area contributed by atoms with E-state index in [9.17, 15) is 4.79 Å². The lowest BCUT2D eigenvalue weighted by Gasteiger charge is -2.31. The molecule has 1 atom stereocenters. The van der Waals surface area contributed by atoms with Gasteiger partial charge in [0.1, 0.15) is 5.75 Å². The standard InChI is InChI=1S/C26H32N2O2/c1-17-14-18(2)26-23(15-17)22(19(3)27-26)16-25(29)28-13-7-5-6-8-24(28)20-9-11-21(30-4)12-10-20/h9-12,14-15,24,27H,5-8,13,16H2,1-4H3. The first-order chi connectivity index (χ1) is 14.5. The summed E-state index contributed by atoms with van der Waals surface area (Å²) in [5.74, 6) is 1.08. The van der Waals surface area contributed by atoms with Crippen LogP contribution in [0.15, 0.2) is 36.4 Å². The van der Waals surface area contributed by atoms with E-state index >= 15 is 0 Å². The molecular weight excluding hydrogens is 372 g/mol. The predicted molar refractivity (Wildman–Crippen MR) is 122 cm³/mol. The van der Waals surface area contributed by atoms with Gasteiger partial charge in [0.15, 0.2) is 0 Å². The van der Waals surface area contributed by atoms with Crippen LogP contribution in [0.4, 0.5) is 0 Å². The molecule has 4 rings (SSSR count). The van der Waals surface area contributed by atoms with Gasteiger partial charge in [0.05, 0.1) is 19.6 Å². The van der Waals surface area contributed by atoms with Gasteiger partial charge in [-0.1, -0.05) is 36.6 Å². The number of benzene rings is 2. The third kappa shape index (κ3) is 3.96. The molecule has 2 heterocycles. The van der Waals surface area contributed by atoms with E-state index in [1.165, 1.54) is 28.5 Å². The van der Waals surface area contributed by atoms with E-state index in [1.54, 1.807) is 7.11 Å². The maximum Gasteiger partial charge on any atom is 0.227 e. The normalized spacial score (nSPS) is 17.2. The second-order valence-electron chi connectivity index (χ2n) is 8.64. The Hall–Kier alpha value is -2.75. The van der Waals surface area contributed by atoms with Crippen molar-refractivity contribution in [3.05, 3.63) is 64.3 Å². The topological polar surface area (TPSA) is 45.3 Å². The minimum absolute atomic E-state index is 0.139. The average Bonchev–Trinajstić information content (AvgIpc) is 2.91. The first-order valence-corrected chi connectivity index (χ1v) is 11.0. The average molecular weight is 405 g/mol. The van der Waals surface area contributed by atoms with Crippen molar-refractivity contribution in [3.8, 4) is 5.75 Å². The monoisotopic (exact) mass is 404 g/mol. The molecule has 1 aliphatic rings. The van der Waals surface area contributed by atoms with Crippen molar-refractivity contribution in [1.29, 1.82) is 0 Å². The summed E-state index contributed by atoms with van der Waals surface area (Å²) in [6, 6.07) is 12.8. The van der Waals surface area contributed by atoms with Crippen LogP contribution in [0.3, 0.4) is 0 Å². The molecule has 4 heteroatoms. The number of H-pyrrole nitrogens is 1. The molecule has 1 amide bonds. The largest absolute Gasteiger partial charge is 0.497 e. The molecule has 1 aliphatic heterocycles. The van der Waals surface area contributed by atoms with Crippen molar-refractivity contribution in [2.24, 2.45) is 0 Å². The molecule has 4 nitrogen and oxygen atoms in total. The lowest BCUT2D eigenvalue weighted by Crippen LogP contribution is -2.36. The molecule has 2 aromatic carbocycles. The zero-order valence-corrected chi connectivity index (χ0v) is 18.5. The Morgan fingerprint density at radius 2 is 1.87 bits per heavy atom. The maximum absolute atomic E-state index is 13.6. The maximum atomic E-state index is 13.6. The van der Waals surface area contributed by atoms with Crippen LogP contribution in [0.1, 0.15) is 59.7 Å². The van der Waals surface area contributed by atoms with E-state index in [2.05, 4.69) is 54.9 Å². The fourth-order valence-corrected chi connectivity index (χ4v) is 4.90. The van der Waals surface area contributed by atoms with Gasteiger partial charge >= 0.3 is 0 Å². The number of carbonyl (C=O) groups is 1. The van der Waals surface area contributed by atoms with E-state index < -0.39 is 0 Å². The van der Waals surface area contributed by atoms with Crippen LogP contribution in [-0.2, 0) is 11.2 Å². The summed E-state index contributed by atoms with van der Waals surface area (Å²) in [5, 5.41) is 1.19. The molecule has 0 radical (unpaired) electrons. The lowest BCUT2D eigenvalue weighted by molar-refractivity contribution is -0.132. The molecule has 1 saturated heterocycles. The van der Waals surface area contributed by atoms with E-state index in [4.69, 9.17) is 4.74 Å². The van der Waals surface area contributed by atoms with Gasteiger partial charge in [0, 0.05) is 23.1 Å². The van der Waals surface area contributed by atoms with Crippen LogP contribution in [0.2, 0.25) is 0 Å². The second kappa shape index (κ2) is 8.55. The van der Waals surface area contributed by atoms with Crippen molar-refractivity contribution in [1.82, 2.24) is 9.88 Å². The number of nitrogens with one attached hydrogen (secondary N) is 1. The molecule has 1 N–H and O–H groups in total. The molecule has 30 heavy (non-hydrogen) atoms. The zero-order chi connectivity index (χ0) is 21.3. The van der Waals surface area contributed by atoms with Crippen LogP contribution in [0, 0.1) is 20.8 Å². The lowest BCUT2D eigenvalue weighted by atomic mass is 9.99. The van der Waals surface area contributed by atoms with Gasteiger partial charge in [-0.05, 0) is 68.5 Å². The highest BCUT2D eigenvalue weighted by molar-refractivity contribution is 5.92. The first kappa shape index (κ1) is 20.5. The number of carbonyl (C=O) groups excluding carboxylic acids is 1. The summed E-state index contributed by atoms with van der Waals surface area (Å²) in [6.45, 7) is 7.16. The van der Waals surface area contributed by atoms with Gasteiger partial charge in [-0.25, -0.2) is 0 Å². The Bertz CT molecular complexity index is 1050. The highest BCUT2D eigenvalue weighted by Gasteiger charge is 2.28. The van der Waals surface area contributed by atoms with Crippen LogP contribution >= 0.6 is 0 Å². The number of aromatic nitrogens is 1. The summed E-state index contributed by atoms with van der Waals surface area (Å²) in [7, 11) is 1.68. The van der Waals surface area contributed by atoms with Crippen LogP contribution in [0.5, 0.6) is 5.75 Å². The van der Waals surface area contributed by atoms with Gasteiger partial charge in [-0.15, -0.1) is 0 Å². The van der Waals surface area contributed by atoms with Crippen LogP contribution in [-0.4, -0.2) is 29.4 Å². The quantitative estimate of drug-likeness (QED) is 0.598. The molecule has 0 bridgehead atoms. The molecule has 0 aliphatic carbocycles. The molecule has 1 aromatic heterocycles. The van der Waals surface area contributed by atoms with Crippen molar-refractivity contribution >= 4 is 16.8 Å². The number of aromatic amines is 1. The van der Waals surface area contributed by atoms with Crippen molar-refractivity contribution in [3.63, 3.8) is 0 Å². The summed E-state index contributed by atoms with van der Waals surface area (Å²) < 4.78 is 5.31. The van der Waals surface area contributed by atoms with Crippen LogP contribution in [0.25, 0.3) is 10.9 Å². The van der Waals surface area contributed by atoms with Crippen molar-refractivity contribution in [2.75, 3.05) is 13.7 Å². The number of amides is 1. The number of nitrogens with zero attached hydrogens (tertiary/aromatic N) is 1. The summed E-state index contributed by atoms with van der Waals surface area (Å²) in [4.78, 5) is 19.2. The fourth-order valence-electron chi connectivity index (χ4n) is 4.90. The Balaban J connectivity index is 1.65. The number of likely N-dealkylation sites (tertiary alicyclic amines) is 1. The highest BCUT2D eigenvalue weighted by Crippen LogP contribution is 2.33. The Morgan fingerprint density at radius 3 is 2.60 bits per heavy atom. The van der Waals surface area contributed by atoms with Crippen LogP contribution < -0.4 is 4.74 Å². The minimum Gasteiger partial charge on any atom is -0.497 e. The van der Waals surface area contributed by atoms with E-state index in [-0.39, 0.29) is 11.9 Å². The summed E-state index contributed by atoms with van der Waals surface area (Å²) in [5.41, 5.74) is 7.07. The molecule has 0 spiro atoms. The fraction of sp³-hybridized carbons (Fsp3) is 0.423. The SMILES string of the molecule is COc1ccc(C2CCCCCN2C(=O)Cc2c(C)[nH]c3c(C)cc(C)cc23)cc1. The number of hydrogen-bond acceptors (Lipinski definition) is 2. The van der Waals surface area contributed by atoms with Gasteiger partial charge in [-0.2, -0.15) is 0 Å². The summed E-state index contributed by atoms with van der Waals surface area (Å²) in [6.07, 6.45) is 4.87.